The Bertz CT molecular complexity index is 651. The van der Waals surface area contributed by atoms with Gasteiger partial charge in [-0.2, -0.15) is 0 Å². The Kier molecular flexibility index (Phi) is 9.44. The molecule has 28 heavy (non-hydrogen) atoms. The molecule has 2 aromatic carbocycles. The summed E-state index contributed by atoms with van der Waals surface area (Å²) in [7, 11) is 0. The molecule has 1 heterocycles. The number of ether oxygens (including phenoxy) is 2. The van der Waals surface area contributed by atoms with Crippen molar-refractivity contribution in [3.8, 4) is 0 Å². The zero-order valence-electron chi connectivity index (χ0n) is 15.9. The van der Waals surface area contributed by atoms with Crippen molar-refractivity contribution in [2.45, 2.75) is 25.0 Å². The molecule has 0 radical (unpaired) electrons. The SMILES string of the molecule is Cl.O=C(O)COCCN1CCC(OC(c2ccccc2)c2ccccc2)CC1. The Hall–Kier alpha value is -1.92. The fourth-order valence-corrected chi connectivity index (χ4v) is 3.42. The minimum absolute atomic E-state index is 0. The van der Waals surface area contributed by atoms with Gasteiger partial charge in [0.25, 0.3) is 0 Å². The number of rotatable bonds is 9. The van der Waals surface area contributed by atoms with E-state index in [1.54, 1.807) is 0 Å². The second-order valence-corrected chi connectivity index (χ2v) is 6.82. The quantitative estimate of drug-likeness (QED) is 0.643. The molecule has 1 aliphatic rings. The molecule has 0 aliphatic carbocycles. The van der Waals surface area contributed by atoms with E-state index in [1.807, 2.05) is 36.4 Å². The van der Waals surface area contributed by atoms with Crippen LogP contribution < -0.4 is 0 Å². The summed E-state index contributed by atoms with van der Waals surface area (Å²) in [5.74, 6) is -0.921. The van der Waals surface area contributed by atoms with Crippen molar-refractivity contribution in [3.05, 3.63) is 71.8 Å². The lowest BCUT2D eigenvalue weighted by molar-refractivity contribution is -0.142. The van der Waals surface area contributed by atoms with Crippen molar-refractivity contribution in [2.75, 3.05) is 32.8 Å². The van der Waals surface area contributed by atoms with Crippen LogP contribution in [0.2, 0.25) is 0 Å². The van der Waals surface area contributed by atoms with E-state index in [0.717, 1.165) is 32.5 Å². The van der Waals surface area contributed by atoms with Crippen LogP contribution in [0.25, 0.3) is 0 Å². The zero-order valence-corrected chi connectivity index (χ0v) is 16.7. The largest absolute Gasteiger partial charge is 0.480 e. The summed E-state index contributed by atoms with van der Waals surface area (Å²) in [5, 5.41) is 8.60. The van der Waals surface area contributed by atoms with Gasteiger partial charge in [-0.1, -0.05) is 60.7 Å². The van der Waals surface area contributed by atoms with Gasteiger partial charge >= 0.3 is 5.97 Å². The number of carboxylic acid groups (broad SMARTS) is 1. The summed E-state index contributed by atoms with van der Waals surface area (Å²) in [6.45, 7) is 2.87. The minimum Gasteiger partial charge on any atom is -0.480 e. The van der Waals surface area contributed by atoms with Gasteiger partial charge < -0.3 is 19.5 Å². The maximum atomic E-state index is 10.5. The molecule has 0 spiro atoms. The van der Waals surface area contributed by atoms with E-state index in [9.17, 15) is 4.79 Å². The molecule has 152 valence electrons. The van der Waals surface area contributed by atoms with Gasteiger partial charge in [0, 0.05) is 19.6 Å². The lowest BCUT2D eigenvalue weighted by atomic mass is 10.00. The van der Waals surface area contributed by atoms with E-state index in [2.05, 4.69) is 29.2 Å². The number of carboxylic acids is 1. The molecule has 0 atom stereocenters. The third-order valence-electron chi connectivity index (χ3n) is 4.85. The van der Waals surface area contributed by atoms with Crippen LogP contribution in [0.15, 0.2) is 60.7 Å². The van der Waals surface area contributed by atoms with Crippen LogP contribution in [0.4, 0.5) is 0 Å². The second-order valence-electron chi connectivity index (χ2n) is 6.82. The molecule has 0 amide bonds. The fourth-order valence-electron chi connectivity index (χ4n) is 3.42. The van der Waals surface area contributed by atoms with E-state index in [1.165, 1.54) is 11.1 Å². The lowest BCUT2D eigenvalue weighted by Gasteiger charge is -2.34. The molecule has 1 saturated heterocycles. The third kappa shape index (κ3) is 6.91. The Morgan fingerprint density at radius 2 is 1.54 bits per heavy atom. The first-order chi connectivity index (χ1) is 13.2. The average Bonchev–Trinajstić information content (AvgIpc) is 2.71. The van der Waals surface area contributed by atoms with Crippen molar-refractivity contribution >= 4 is 18.4 Å². The highest BCUT2D eigenvalue weighted by Crippen LogP contribution is 2.29. The third-order valence-corrected chi connectivity index (χ3v) is 4.85. The lowest BCUT2D eigenvalue weighted by Crippen LogP contribution is -2.39. The summed E-state index contributed by atoms with van der Waals surface area (Å²) in [4.78, 5) is 12.8. The monoisotopic (exact) mass is 405 g/mol. The predicted octanol–water partition coefficient (Wildman–Crippen LogP) is 3.78. The van der Waals surface area contributed by atoms with Crippen LogP contribution >= 0.6 is 12.4 Å². The van der Waals surface area contributed by atoms with E-state index in [4.69, 9.17) is 14.6 Å². The first kappa shape index (κ1) is 22.4. The predicted molar refractivity (Wildman–Crippen MR) is 111 cm³/mol. The number of nitrogens with zero attached hydrogens (tertiary/aromatic N) is 1. The second kappa shape index (κ2) is 11.8. The van der Waals surface area contributed by atoms with E-state index < -0.39 is 5.97 Å². The molecule has 1 aliphatic heterocycles. The molecule has 1 fully saturated rings. The molecule has 5 nitrogen and oxygen atoms in total. The summed E-state index contributed by atoms with van der Waals surface area (Å²) >= 11 is 0. The maximum Gasteiger partial charge on any atom is 0.329 e. The van der Waals surface area contributed by atoms with Crippen LogP contribution in [0.3, 0.4) is 0 Å². The Labute approximate surface area is 172 Å². The Balaban J connectivity index is 0.00000280. The Morgan fingerprint density at radius 3 is 2.04 bits per heavy atom. The summed E-state index contributed by atoms with van der Waals surface area (Å²) < 4.78 is 11.7. The molecule has 1 N–H and O–H groups in total. The van der Waals surface area contributed by atoms with Crippen LogP contribution in [-0.4, -0.2) is 54.9 Å². The van der Waals surface area contributed by atoms with Gasteiger partial charge in [-0.15, -0.1) is 12.4 Å². The van der Waals surface area contributed by atoms with Crippen molar-refractivity contribution < 1.29 is 19.4 Å². The smallest absolute Gasteiger partial charge is 0.329 e. The summed E-state index contributed by atoms with van der Waals surface area (Å²) in [6, 6.07) is 20.7. The highest BCUT2D eigenvalue weighted by Gasteiger charge is 2.24. The van der Waals surface area contributed by atoms with Gasteiger partial charge in [0.1, 0.15) is 12.7 Å². The molecule has 0 saturated carbocycles. The number of likely N-dealkylation sites (tertiary alicyclic amines) is 1. The number of benzene rings is 2. The van der Waals surface area contributed by atoms with Gasteiger partial charge in [0.2, 0.25) is 0 Å². The number of aliphatic carboxylic acids is 1. The van der Waals surface area contributed by atoms with Crippen LogP contribution in [0.1, 0.15) is 30.1 Å². The average molecular weight is 406 g/mol. The molecular formula is C22H28ClNO4. The zero-order chi connectivity index (χ0) is 18.9. The molecule has 0 aromatic heterocycles. The van der Waals surface area contributed by atoms with Crippen LogP contribution in [0, 0.1) is 0 Å². The van der Waals surface area contributed by atoms with Gasteiger partial charge in [-0.3, -0.25) is 0 Å². The fraction of sp³-hybridized carbons (Fsp3) is 0.409. The first-order valence-corrected chi connectivity index (χ1v) is 9.49. The van der Waals surface area contributed by atoms with E-state index in [0.29, 0.717) is 6.61 Å². The molecule has 3 rings (SSSR count). The van der Waals surface area contributed by atoms with Crippen molar-refractivity contribution in [3.63, 3.8) is 0 Å². The number of piperidine rings is 1. The van der Waals surface area contributed by atoms with Gasteiger partial charge in [-0.05, 0) is 24.0 Å². The Morgan fingerprint density at radius 1 is 1.00 bits per heavy atom. The molecule has 6 heteroatoms. The summed E-state index contributed by atoms with van der Waals surface area (Å²) in [5.41, 5.74) is 2.35. The highest BCUT2D eigenvalue weighted by molar-refractivity contribution is 5.85. The highest BCUT2D eigenvalue weighted by atomic mass is 35.5. The van der Waals surface area contributed by atoms with Gasteiger partial charge in [0.15, 0.2) is 0 Å². The van der Waals surface area contributed by atoms with Crippen molar-refractivity contribution in [1.29, 1.82) is 0 Å². The standard InChI is InChI=1S/C22H27NO4.ClH/c24-21(25)17-26-16-15-23-13-11-20(12-14-23)27-22(18-7-3-1-4-8-18)19-9-5-2-6-10-19;/h1-10,20,22H,11-17H2,(H,24,25);1H. The van der Waals surface area contributed by atoms with Crippen LogP contribution in [-0.2, 0) is 14.3 Å². The van der Waals surface area contributed by atoms with Crippen molar-refractivity contribution in [1.82, 2.24) is 4.90 Å². The van der Waals surface area contributed by atoms with E-state index in [-0.39, 0.29) is 31.2 Å². The molecule has 2 aromatic rings. The van der Waals surface area contributed by atoms with Crippen molar-refractivity contribution in [2.24, 2.45) is 0 Å². The summed E-state index contributed by atoms with van der Waals surface area (Å²) in [6.07, 6.45) is 2.10. The van der Waals surface area contributed by atoms with Gasteiger partial charge in [-0.25, -0.2) is 4.79 Å². The topological polar surface area (TPSA) is 59.0 Å². The minimum atomic E-state index is -0.921. The van der Waals surface area contributed by atoms with E-state index >= 15 is 0 Å². The van der Waals surface area contributed by atoms with Gasteiger partial charge in [0.05, 0.1) is 12.7 Å². The normalized spacial score (nSPS) is 15.3. The first-order valence-electron chi connectivity index (χ1n) is 9.49. The molecule has 0 unspecified atom stereocenters. The number of hydrogen-bond donors (Lipinski definition) is 1. The van der Waals surface area contributed by atoms with Crippen LogP contribution in [0.5, 0.6) is 0 Å². The maximum absolute atomic E-state index is 10.5. The number of hydrogen-bond acceptors (Lipinski definition) is 4. The molecular weight excluding hydrogens is 378 g/mol. The number of halogens is 1. The number of carbonyl (C=O) groups is 1. The molecule has 0 bridgehead atoms.